The Morgan fingerprint density at radius 2 is 1.87 bits per heavy atom. The summed E-state index contributed by atoms with van der Waals surface area (Å²) in [6.45, 7) is 2.20. The summed E-state index contributed by atoms with van der Waals surface area (Å²) in [7, 11) is 3.27. The number of hydrogen-bond acceptors (Lipinski definition) is 7. The molecule has 3 aromatic rings. The van der Waals surface area contributed by atoms with Crippen LogP contribution in [0.25, 0.3) is 5.13 Å². The predicted molar refractivity (Wildman–Crippen MR) is 120 cm³/mol. The molecule has 0 unspecified atom stereocenters. The average Bonchev–Trinajstić information content (AvgIpc) is 3.51. The number of carbonyl (C=O) groups excluding carboxylic acids is 1. The molecule has 9 heteroatoms. The molecule has 1 aromatic carbocycles. The predicted octanol–water partition coefficient (Wildman–Crippen LogP) is 2.92. The Hall–Kier alpha value is -3.07. The van der Waals surface area contributed by atoms with Crippen LogP contribution in [0, 0.1) is 5.92 Å². The van der Waals surface area contributed by atoms with Crippen molar-refractivity contribution in [2.24, 2.45) is 5.92 Å². The molecule has 0 radical (unpaired) electrons. The summed E-state index contributed by atoms with van der Waals surface area (Å²) in [5.41, 5.74) is 1.05. The molecule has 4 rings (SSSR count). The van der Waals surface area contributed by atoms with E-state index in [9.17, 15) is 4.79 Å². The number of anilines is 1. The summed E-state index contributed by atoms with van der Waals surface area (Å²) in [5.74, 6) is 1.69. The second kappa shape index (κ2) is 9.82. The number of piperidine rings is 1. The maximum atomic E-state index is 12.6. The van der Waals surface area contributed by atoms with Gasteiger partial charge in [0.05, 0.1) is 14.2 Å². The van der Waals surface area contributed by atoms with Gasteiger partial charge in [-0.3, -0.25) is 9.36 Å². The molecule has 31 heavy (non-hydrogen) atoms. The van der Waals surface area contributed by atoms with Gasteiger partial charge in [-0.05, 0) is 43.0 Å². The highest BCUT2D eigenvalue weighted by Gasteiger charge is 2.26. The summed E-state index contributed by atoms with van der Waals surface area (Å²) in [5, 5.41) is 13.5. The van der Waals surface area contributed by atoms with Crippen molar-refractivity contribution in [2.45, 2.75) is 19.3 Å². The number of aromatic nitrogens is 3. The molecule has 0 saturated carbocycles. The summed E-state index contributed by atoms with van der Waals surface area (Å²) in [6, 6.07) is 9.69. The summed E-state index contributed by atoms with van der Waals surface area (Å²) >= 11 is 1.57. The topological polar surface area (TPSA) is 81.5 Å². The number of hydrogen-bond donors (Lipinski definition) is 1. The summed E-state index contributed by atoms with van der Waals surface area (Å²) < 4.78 is 12.6. The Bertz CT molecular complexity index is 997. The largest absolute Gasteiger partial charge is 0.497 e. The van der Waals surface area contributed by atoms with E-state index in [0.29, 0.717) is 13.0 Å². The van der Waals surface area contributed by atoms with Crippen molar-refractivity contribution in [3.63, 3.8) is 0 Å². The van der Waals surface area contributed by atoms with Crippen LogP contribution in [0.1, 0.15) is 18.4 Å². The van der Waals surface area contributed by atoms with E-state index in [1.54, 1.807) is 25.6 Å². The van der Waals surface area contributed by atoms with E-state index < -0.39 is 0 Å². The molecule has 1 aliphatic rings. The van der Waals surface area contributed by atoms with Crippen molar-refractivity contribution in [1.29, 1.82) is 0 Å². The Labute approximate surface area is 185 Å². The molecule has 8 nitrogen and oxygen atoms in total. The molecule has 1 saturated heterocycles. The highest BCUT2D eigenvalue weighted by molar-refractivity contribution is 7.17. The van der Waals surface area contributed by atoms with Gasteiger partial charge in [-0.25, -0.2) is 0 Å². The molecule has 164 valence electrons. The number of nitrogens with zero attached hydrogens (tertiary/aromatic N) is 4. The Balaban J connectivity index is 1.24. The van der Waals surface area contributed by atoms with Crippen LogP contribution in [0.3, 0.4) is 0 Å². The number of amides is 1. The first-order chi connectivity index (χ1) is 15.2. The third-order valence-electron chi connectivity index (χ3n) is 5.55. The van der Waals surface area contributed by atoms with Gasteiger partial charge in [0.25, 0.3) is 0 Å². The minimum Gasteiger partial charge on any atom is -0.497 e. The van der Waals surface area contributed by atoms with Crippen LogP contribution in [0.5, 0.6) is 11.5 Å². The minimum absolute atomic E-state index is 0.0332. The van der Waals surface area contributed by atoms with Crippen LogP contribution in [-0.2, 0) is 11.2 Å². The highest BCUT2D eigenvalue weighted by Crippen LogP contribution is 2.28. The molecule has 0 spiro atoms. The number of nitrogens with one attached hydrogen (secondary N) is 1. The Morgan fingerprint density at radius 1 is 1.13 bits per heavy atom. The fraction of sp³-hybridized carbons (Fsp3) is 0.409. The van der Waals surface area contributed by atoms with Gasteiger partial charge in [0.15, 0.2) is 0 Å². The summed E-state index contributed by atoms with van der Waals surface area (Å²) in [6.07, 6.45) is 6.27. The van der Waals surface area contributed by atoms with Crippen molar-refractivity contribution in [3.8, 4) is 16.6 Å². The SMILES string of the molecule is COc1ccc(CCNC(=O)C2CCN(c3nnc(-n4cccc4)s3)CC2)c(OC)c1. The summed E-state index contributed by atoms with van der Waals surface area (Å²) in [4.78, 5) is 14.9. The fourth-order valence-corrected chi connectivity index (χ4v) is 4.62. The molecule has 1 amide bonds. The molecule has 1 N–H and O–H groups in total. The van der Waals surface area contributed by atoms with Gasteiger partial charge < -0.3 is 19.7 Å². The van der Waals surface area contributed by atoms with Crippen LogP contribution >= 0.6 is 11.3 Å². The highest BCUT2D eigenvalue weighted by atomic mass is 32.1. The number of methoxy groups -OCH3 is 2. The van der Waals surface area contributed by atoms with Gasteiger partial charge in [0.1, 0.15) is 11.5 Å². The van der Waals surface area contributed by atoms with E-state index in [-0.39, 0.29) is 11.8 Å². The average molecular weight is 442 g/mol. The second-order valence-electron chi connectivity index (χ2n) is 7.44. The molecular weight excluding hydrogens is 414 g/mol. The van der Waals surface area contributed by atoms with Gasteiger partial charge >= 0.3 is 0 Å². The lowest BCUT2D eigenvalue weighted by Crippen LogP contribution is -2.41. The first-order valence-electron chi connectivity index (χ1n) is 10.4. The zero-order valence-corrected chi connectivity index (χ0v) is 18.6. The van der Waals surface area contributed by atoms with E-state index >= 15 is 0 Å². The third kappa shape index (κ3) is 4.99. The second-order valence-corrected chi connectivity index (χ2v) is 8.37. The van der Waals surface area contributed by atoms with Crippen molar-refractivity contribution in [3.05, 3.63) is 48.3 Å². The van der Waals surface area contributed by atoms with E-state index in [1.165, 1.54) is 0 Å². The molecule has 0 atom stereocenters. The maximum absolute atomic E-state index is 12.6. The van der Waals surface area contributed by atoms with Crippen molar-refractivity contribution in [2.75, 3.05) is 38.8 Å². The third-order valence-corrected chi connectivity index (χ3v) is 6.55. The number of ether oxygens (including phenoxy) is 2. The molecular formula is C22H27N5O3S. The lowest BCUT2D eigenvalue weighted by molar-refractivity contribution is -0.125. The van der Waals surface area contributed by atoms with Gasteiger partial charge in [0, 0.05) is 44.0 Å². The maximum Gasteiger partial charge on any atom is 0.223 e. The van der Waals surface area contributed by atoms with Gasteiger partial charge in [0.2, 0.25) is 16.2 Å². The van der Waals surface area contributed by atoms with E-state index in [2.05, 4.69) is 20.4 Å². The number of benzene rings is 1. The van der Waals surface area contributed by atoms with Crippen LogP contribution in [0.4, 0.5) is 5.13 Å². The van der Waals surface area contributed by atoms with Crippen LogP contribution < -0.4 is 19.7 Å². The van der Waals surface area contributed by atoms with Crippen LogP contribution in [0.2, 0.25) is 0 Å². The van der Waals surface area contributed by atoms with Gasteiger partial charge in [-0.2, -0.15) is 0 Å². The first kappa shape index (κ1) is 21.2. The Kier molecular flexibility index (Phi) is 6.71. The minimum atomic E-state index is 0.0332. The molecule has 1 aliphatic heterocycles. The zero-order valence-electron chi connectivity index (χ0n) is 17.8. The van der Waals surface area contributed by atoms with E-state index in [4.69, 9.17) is 9.47 Å². The molecule has 2 aromatic heterocycles. The van der Waals surface area contributed by atoms with Crippen molar-refractivity contribution in [1.82, 2.24) is 20.1 Å². The first-order valence-corrected chi connectivity index (χ1v) is 11.2. The number of carbonyl (C=O) groups is 1. The normalized spacial score (nSPS) is 14.5. The molecule has 1 fully saturated rings. The van der Waals surface area contributed by atoms with Gasteiger partial charge in [-0.15, -0.1) is 10.2 Å². The fourth-order valence-electron chi connectivity index (χ4n) is 3.76. The van der Waals surface area contributed by atoms with Gasteiger partial charge in [-0.1, -0.05) is 17.4 Å². The smallest absolute Gasteiger partial charge is 0.223 e. The van der Waals surface area contributed by atoms with Crippen LogP contribution in [-0.4, -0.2) is 54.5 Å². The number of rotatable bonds is 8. The molecule has 0 bridgehead atoms. The molecule has 0 aliphatic carbocycles. The molecule has 3 heterocycles. The van der Waals surface area contributed by atoms with E-state index in [1.807, 2.05) is 47.3 Å². The van der Waals surface area contributed by atoms with Crippen LogP contribution in [0.15, 0.2) is 42.7 Å². The quantitative estimate of drug-likeness (QED) is 0.579. The van der Waals surface area contributed by atoms with Crippen molar-refractivity contribution >= 4 is 22.4 Å². The van der Waals surface area contributed by atoms with Crippen molar-refractivity contribution < 1.29 is 14.3 Å². The zero-order chi connectivity index (χ0) is 21.6. The lowest BCUT2D eigenvalue weighted by atomic mass is 9.96. The standard InChI is InChI=1S/C22H27N5O3S/c1-29-18-6-5-16(19(15-18)30-2)7-10-23-20(28)17-8-13-27(14-9-17)22-25-24-21(31-22)26-11-3-4-12-26/h3-6,11-12,15,17H,7-10,13-14H2,1-2H3,(H,23,28). The Morgan fingerprint density at radius 3 is 2.58 bits per heavy atom. The lowest BCUT2D eigenvalue weighted by Gasteiger charge is -2.30. The van der Waals surface area contributed by atoms with E-state index in [0.717, 1.165) is 53.3 Å². The monoisotopic (exact) mass is 441 g/mol.